The molecule has 0 radical (unpaired) electrons. The standard InChI is InChI=1S/C29H21N3O5/c33-26(30-25-16-21(19-6-2-1-3-7-19)14-15-24(25)31-29(36)37)20-12-10-18(11-13-20)17-32-27(34)22-8-4-5-9-23(22)28(32)35/h1-16,31H,17H2,(H,30,33)(H,36,37). The average Bonchev–Trinajstić information content (AvgIpc) is 3.15. The van der Waals surface area contributed by atoms with E-state index >= 15 is 0 Å². The van der Waals surface area contributed by atoms with Crippen molar-refractivity contribution in [2.45, 2.75) is 6.54 Å². The summed E-state index contributed by atoms with van der Waals surface area (Å²) in [6, 6.07) is 27.8. The van der Waals surface area contributed by atoms with Gasteiger partial charge in [-0.05, 0) is 53.1 Å². The molecule has 4 amide bonds. The predicted octanol–water partition coefficient (Wildman–Crippen LogP) is 5.49. The van der Waals surface area contributed by atoms with Gasteiger partial charge in [0.25, 0.3) is 17.7 Å². The highest BCUT2D eigenvalue weighted by Gasteiger charge is 2.34. The van der Waals surface area contributed by atoms with Crippen LogP contribution < -0.4 is 10.6 Å². The molecule has 182 valence electrons. The van der Waals surface area contributed by atoms with Gasteiger partial charge in [-0.3, -0.25) is 24.6 Å². The maximum Gasteiger partial charge on any atom is 0.409 e. The number of carboxylic acid groups (broad SMARTS) is 1. The Bertz CT molecular complexity index is 1500. The number of nitrogens with one attached hydrogen (secondary N) is 2. The van der Waals surface area contributed by atoms with Gasteiger partial charge in [0, 0.05) is 5.56 Å². The van der Waals surface area contributed by atoms with Crippen LogP contribution >= 0.6 is 0 Å². The van der Waals surface area contributed by atoms with Gasteiger partial charge in [0.1, 0.15) is 0 Å². The van der Waals surface area contributed by atoms with E-state index in [-0.39, 0.29) is 24.0 Å². The Labute approximate surface area is 212 Å². The van der Waals surface area contributed by atoms with Crippen LogP contribution in [0.15, 0.2) is 97.1 Å². The van der Waals surface area contributed by atoms with Crippen LogP contribution in [0.5, 0.6) is 0 Å². The quantitative estimate of drug-likeness (QED) is 0.308. The van der Waals surface area contributed by atoms with E-state index in [0.29, 0.717) is 27.9 Å². The first-order valence-electron chi connectivity index (χ1n) is 11.5. The fourth-order valence-electron chi connectivity index (χ4n) is 4.20. The van der Waals surface area contributed by atoms with E-state index in [2.05, 4.69) is 10.6 Å². The molecule has 0 aliphatic carbocycles. The Hall–Kier alpha value is -5.24. The van der Waals surface area contributed by atoms with Crippen molar-refractivity contribution in [1.82, 2.24) is 4.90 Å². The number of benzene rings is 4. The molecule has 8 nitrogen and oxygen atoms in total. The van der Waals surface area contributed by atoms with Crippen LogP contribution in [-0.4, -0.2) is 33.8 Å². The molecule has 4 aromatic carbocycles. The van der Waals surface area contributed by atoms with Crippen LogP contribution in [0.25, 0.3) is 11.1 Å². The van der Waals surface area contributed by atoms with Crippen LogP contribution in [0.3, 0.4) is 0 Å². The number of hydrogen-bond acceptors (Lipinski definition) is 4. The smallest absolute Gasteiger partial charge is 0.409 e. The lowest BCUT2D eigenvalue weighted by atomic mass is 10.0. The molecule has 5 rings (SSSR count). The minimum Gasteiger partial charge on any atom is -0.465 e. The van der Waals surface area contributed by atoms with E-state index < -0.39 is 12.0 Å². The highest BCUT2D eigenvalue weighted by Crippen LogP contribution is 2.30. The summed E-state index contributed by atoms with van der Waals surface area (Å²) in [6.07, 6.45) is -1.25. The Balaban J connectivity index is 1.33. The normalized spacial score (nSPS) is 12.3. The van der Waals surface area contributed by atoms with E-state index in [0.717, 1.165) is 11.1 Å². The summed E-state index contributed by atoms with van der Waals surface area (Å²) in [5.74, 6) is -1.13. The molecule has 37 heavy (non-hydrogen) atoms. The van der Waals surface area contributed by atoms with Crippen molar-refractivity contribution in [3.63, 3.8) is 0 Å². The largest absolute Gasteiger partial charge is 0.465 e. The third kappa shape index (κ3) is 4.81. The molecule has 0 unspecified atom stereocenters. The van der Waals surface area contributed by atoms with Gasteiger partial charge < -0.3 is 10.4 Å². The van der Waals surface area contributed by atoms with Crippen LogP contribution in [0, 0.1) is 0 Å². The summed E-state index contributed by atoms with van der Waals surface area (Å²) < 4.78 is 0. The zero-order valence-corrected chi connectivity index (χ0v) is 19.5. The molecule has 4 aromatic rings. The Morgan fingerprint density at radius 3 is 1.92 bits per heavy atom. The molecule has 8 heteroatoms. The number of fused-ring (bicyclic) bond motifs is 1. The Kier molecular flexibility index (Phi) is 6.22. The van der Waals surface area contributed by atoms with Gasteiger partial charge in [-0.25, -0.2) is 4.79 Å². The van der Waals surface area contributed by atoms with Crippen molar-refractivity contribution in [2.24, 2.45) is 0 Å². The molecule has 0 saturated heterocycles. The lowest BCUT2D eigenvalue weighted by Crippen LogP contribution is -2.29. The third-order valence-electron chi connectivity index (χ3n) is 6.05. The second-order valence-electron chi connectivity index (χ2n) is 8.45. The van der Waals surface area contributed by atoms with Gasteiger partial charge >= 0.3 is 6.09 Å². The second kappa shape index (κ2) is 9.79. The minimum absolute atomic E-state index is 0.0834. The first kappa shape index (κ1) is 23.5. The van der Waals surface area contributed by atoms with Crippen LogP contribution in [0.2, 0.25) is 0 Å². The summed E-state index contributed by atoms with van der Waals surface area (Å²) in [4.78, 5) is 50.7. The van der Waals surface area contributed by atoms with E-state index in [1.165, 1.54) is 4.90 Å². The minimum atomic E-state index is -1.25. The predicted molar refractivity (Wildman–Crippen MR) is 139 cm³/mol. The molecular formula is C29H21N3O5. The number of rotatable bonds is 6. The molecule has 0 bridgehead atoms. The van der Waals surface area contributed by atoms with Crippen molar-refractivity contribution in [2.75, 3.05) is 10.6 Å². The highest BCUT2D eigenvalue weighted by molar-refractivity contribution is 6.21. The highest BCUT2D eigenvalue weighted by atomic mass is 16.4. The van der Waals surface area contributed by atoms with E-state index in [9.17, 15) is 24.3 Å². The molecule has 1 aliphatic rings. The van der Waals surface area contributed by atoms with Crippen molar-refractivity contribution in [3.05, 3.63) is 119 Å². The SMILES string of the molecule is O=C(O)Nc1ccc(-c2ccccc2)cc1NC(=O)c1ccc(CN2C(=O)c3ccccc3C2=O)cc1. The first-order chi connectivity index (χ1) is 17.9. The van der Waals surface area contributed by atoms with E-state index in [4.69, 9.17) is 0 Å². The van der Waals surface area contributed by atoms with Gasteiger partial charge in [0.05, 0.1) is 29.0 Å². The fraction of sp³-hybridized carbons (Fsp3) is 0.0345. The van der Waals surface area contributed by atoms with Gasteiger partial charge in [0.2, 0.25) is 0 Å². The van der Waals surface area contributed by atoms with Gasteiger partial charge in [-0.2, -0.15) is 0 Å². The van der Waals surface area contributed by atoms with E-state index in [1.54, 1.807) is 66.7 Å². The number of carbonyl (C=O) groups excluding carboxylic acids is 3. The van der Waals surface area contributed by atoms with Gasteiger partial charge in [0.15, 0.2) is 0 Å². The lowest BCUT2D eigenvalue weighted by molar-refractivity contribution is 0.0641. The maximum absolute atomic E-state index is 13.0. The van der Waals surface area contributed by atoms with Crippen molar-refractivity contribution in [3.8, 4) is 11.1 Å². The summed E-state index contributed by atoms with van der Waals surface area (Å²) in [7, 11) is 0. The van der Waals surface area contributed by atoms with E-state index in [1.807, 2.05) is 30.3 Å². The molecule has 0 spiro atoms. The zero-order valence-electron chi connectivity index (χ0n) is 19.5. The van der Waals surface area contributed by atoms with Crippen molar-refractivity contribution < 1.29 is 24.3 Å². The summed E-state index contributed by atoms with van der Waals surface area (Å²) >= 11 is 0. The van der Waals surface area contributed by atoms with Crippen molar-refractivity contribution in [1.29, 1.82) is 0 Å². The first-order valence-corrected chi connectivity index (χ1v) is 11.5. The number of anilines is 2. The third-order valence-corrected chi connectivity index (χ3v) is 6.05. The zero-order chi connectivity index (χ0) is 25.9. The summed E-state index contributed by atoms with van der Waals surface area (Å²) in [5, 5.41) is 14.3. The molecule has 0 atom stereocenters. The van der Waals surface area contributed by atoms with Crippen molar-refractivity contribution >= 4 is 35.2 Å². The molecular weight excluding hydrogens is 470 g/mol. The number of carbonyl (C=O) groups is 4. The summed E-state index contributed by atoms with van der Waals surface area (Å²) in [6.45, 7) is 0.0834. The topological polar surface area (TPSA) is 116 Å². The fourth-order valence-corrected chi connectivity index (χ4v) is 4.20. The molecule has 0 fully saturated rings. The number of imide groups is 1. The Morgan fingerprint density at radius 1 is 0.676 bits per heavy atom. The second-order valence-corrected chi connectivity index (χ2v) is 8.45. The lowest BCUT2D eigenvalue weighted by Gasteiger charge is -2.15. The van der Waals surface area contributed by atoms with Gasteiger partial charge in [-0.1, -0.05) is 60.7 Å². The average molecular weight is 492 g/mol. The molecule has 1 aliphatic heterocycles. The molecule has 1 heterocycles. The number of hydrogen-bond donors (Lipinski definition) is 3. The monoisotopic (exact) mass is 491 g/mol. The summed E-state index contributed by atoms with van der Waals surface area (Å²) in [5.41, 5.74) is 4.05. The Morgan fingerprint density at radius 2 is 1.30 bits per heavy atom. The van der Waals surface area contributed by atoms with Gasteiger partial charge in [-0.15, -0.1) is 0 Å². The molecule has 0 saturated carbocycles. The number of nitrogens with zero attached hydrogens (tertiary/aromatic N) is 1. The van der Waals surface area contributed by atoms with Crippen LogP contribution in [0.1, 0.15) is 36.6 Å². The van der Waals surface area contributed by atoms with Crippen LogP contribution in [-0.2, 0) is 6.54 Å². The van der Waals surface area contributed by atoms with Crippen LogP contribution in [0.4, 0.5) is 16.2 Å². The number of amides is 4. The molecule has 0 aromatic heterocycles. The molecule has 3 N–H and O–H groups in total. The maximum atomic E-state index is 13.0.